The van der Waals surface area contributed by atoms with E-state index in [1.165, 1.54) is 10.3 Å². The Morgan fingerprint density at radius 2 is 1.83 bits per heavy atom. The van der Waals surface area contributed by atoms with Crippen LogP contribution < -0.4 is 4.90 Å². The minimum absolute atomic E-state index is 0.0345. The molecule has 36 heavy (non-hydrogen) atoms. The number of aryl methyl sites for hydroxylation is 1. The summed E-state index contributed by atoms with van der Waals surface area (Å²) in [5, 5.41) is 0.787. The van der Waals surface area contributed by atoms with Crippen LogP contribution in [0, 0.1) is 6.92 Å². The van der Waals surface area contributed by atoms with Gasteiger partial charge in [0.1, 0.15) is 17.7 Å². The molecule has 2 aromatic heterocycles. The summed E-state index contributed by atoms with van der Waals surface area (Å²) in [5.41, 5.74) is 1.50. The molecule has 0 radical (unpaired) electrons. The molecule has 1 saturated heterocycles. The van der Waals surface area contributed by atoms with Crippen molar-refractivity contribution in [1.29, 1.82) is 0 Å². The smallest absolute Gasteiger partial charge is 0.410 e. The van der Waals surface area contributed by atoms with Gasteiger partial charge in [0.25, 0.3) is 10.0 Å². The van der Waals surface area contributed by atoms with Gasteiger partial charge < -0.3 is 14.5 Å². The van der Waals surface area contributed by atoms with Crippen molar-refractivity contribution in [1.82, 2.24) is 18.8 Å². The zero-order chi connectivity index (χ0) is 25.8. The molecular formula is C26H33N5O4S. The molecule has 2 aliphatic rings. The van der Waals surface area contributed by atoms with Crippen LogP contribution in [0.15, 0.2) is 41.7 Å². The predicted octanol–water partition coefficient (Wildman–Crippen LogP) is 4.30. The number of hydrogen-bond donors (Lipinski definition) is 0. The molecule has 3 aromatic rings. The zero-order valence-corrected chi connectivity index (χ0v) is 22.2. The summed E-state index contributed by atoms with van der Waals surface area (Å²) >= 11 is 0. The van der Waals surface area contributed by atoms with Gasteiger partial charge in [0.05, 0.1) is 10.3 Å². The second kappa shape index (κ2) is 8.76. The maximum Gasteiger partial charge on any atom is 0.410 e. The van der Waals surface area contributed by atoms with E-state index in [-0.39, 0.29) is 17.0 Å². The minimum atomic E-state index is -3.84. The Hall–Kier alpha value is -3.14. The Morgan fingerprint density at radius 3 is 2.47 bits per heavy atom. The highest BCUT2D eigenvalue weighted by molar-refractivity contribution is 7.90. The van der Waals surface area contributed by atoms with Gasteiger partial charge in [-0.25, -0.2) is 27.2 Å². The van der Waals surface area contributed by atoms with E-state index in [1.807, 2.05) is 33.8 Å². The van der Waals surface area contributed by atoms with Gasteiger partial charge >= 0.3 is 6.09 Å². The van der Waals surface area contributed by atoms with Gasteiger partial charge in [-0.3, -0.25) is 0 Å². The second-order valence-electron chi connectivity index (χ2n) is 10.8. The number of benzene rings is 1. The van der Waals surface area contributed by atoms with Crippen molar-refractivity contribution in [3.8, 4) is 0 Å². The van der Waals surface area contributed by atoms with E-state index in [9.17, 15) is 13.2 Å². The lowest BCUT2D eigenvalue weighted by Crippen LogP contribution is -2.54. The van der Waals surface area contributed by atoms with E-state index < -0.39 is 15.6 Å². The van der Waals surface area contributed by atoms with Crippen LogP contribution in [0.1, 0.15) is 57.6 Å². The van der Waals surface area contributed by atoms with Gasteiger partial charge in [-0.05, 0) is 70.6 Å². The molecule has 10 heteroatoms. The summed E-state index contributed by atoms with van der Waals surface area (Å²) in [6, 6.07) is 6.96. The molecule has 1 aromatic carbocycles. The highest BCUT2D eigenvalue weighted by Gasteiger charge is 2.36. The fraction of sp³-hybridized carbons (Fsp3) is 0.500. The van der Waals surface area contributed by atoms with Crippen molar-refractivity contribution in [2.45, 2.75) is 69.9 Å². The third-order valence-electron chi connectivity index (χ3n) is 6.76. The Labute approximate surface area is 212 Å². The van der Waals surface area contributed by atoms with Gasteiger partial charge in [0.15, 0.2) is 5.65 Å². The van der Waals surface area contributed by atoms with Crippen LogP contribution in [0.3, 0.4) is 0 Å². The number of fused-ring (bicyclic) bond motifs is 1. The number of nitrogens with zero attached hydrogens (tertiary/aromatic N) is 5. The number of rotatable bonds is 4. The van der Waals surface area contributed by atoms with Crippen LogP contribution in [0.25, 0.3) is 11.0 Å². The van der Waals surface area contributed by atoms with Crippen LogP contribution in [0.4, 0.5) is 10.6 Å². The van der Waals surface area contributed by atoms with Crippen LogP contribution in [0.2, 0.25) is 0 Å². The van der Waals surface area contributed by atoms with Crippen LogP contribution in [0.5, 0.6) is 0 Å². The largest absolute Gasteiger partial charge is 0.444 e. The first-order valence-corrected chi connectivity index (χ1v) is 13.8. The predicted molar refractivity (Wildman–Crippen MR) is 138 cm³/mol. The average Bonchev–Trinajstić information content (AvgIpc) is 3.57. The van der Waals surface area contributed by atoms with Crippen molar-refractivity contribution >= 4 is 33.0 Å². The molecular weight excluding hydrogens is 478 g/mol. The Bertz CT molecular complexity index is 1420. The zero-order valence-electron chi connectivity index (χ0n) is 21.4. The van der Waals surface area contributed by atoms with Crippen molar-refractivity contribution in [2.24, 2.45) is 0 Å². The summed E-state index contributed by atoms with van der Waals surface area (Å²) in [6.45, 7) is 11.0. The lowest BCUT2D eigenvalue weighted by Gasteiger charge is -2.41. The van der Waals surface area contributed by atoms with Gasteiger partial charge in [-0.2, -0.15) is 0 Å². The Kier molecular flexibility index (Phi) is 5.97. The highest BCUT2D eigenvalue weighted by atomic mass is 32.2. The maximum atomic E-state index is 13.7. The number of anilines is 1. The molecule has 0 unspecified atom stereocenters. The molecule has 1 aliphatic carbocycles. The number of carbonyl (C=O) groups excluding carboxylic acids is 1. The van der Waals surface area contributed by atoms with Crippen molar-refractivity contribution in [2.75, 3.05) is 24.5 Å². The molecule has 1 atom stereocenters. The summed E-state index contributed by atoms with van der Waals surface area (Å²) in [4.78, 5) is 25.9. The third kappa shape index (κ3) is 4.42. The minimum Gasteiger partial charge on any atom is -0.444 e. The highest BCUT2D eigenvalue weighted by Crippen LogP contribution is 2.46. The van der Waals surface area contributed by atoms with Gasteiger partial charge in [-0.15, -0.1) is 0 Å². The first kappa shape index (κ1) is 24.5. The summed E-state index contributed by atoms with van der Waals surface area (Å²) in [6.07, 6.45) is 4.88. The number of piperazine rings is 1. The average molecular weight is 512 g/mol. The Morgan fingerprint density at radius 1 is 1.11 bits per heavy atom. The number of aromatic nitrogens is 3. The van der Waals surface area contributed by atoms with Gasteiger partial charge in [0.2, 0.25) is 0 Å². The quantitative estimate of drug-likeness (QED) is 0.515. The maximum absolute atomic E-state index is 13.7. The van der Waals surface area contributed by atoms with Crippen molar-refractivity contribution in [3.63, 3.8) is 0 Å². The SMILES string of the molecule is Cc1ccccc1S(=O)(=O)n1cc(C2CC2)c2c(N3CCN(C(=O)OC(C)(C)C)C[C@@H]3C)ncnc21. The van der Waals surface area contributed by atoms with Crippen molar-refractivity contribution in [3.05, 3.63) is 47.9 Å². The van der Waals surface area contributed by atoms with Gasteiger partial charge in [0, 0.05) is 31.9 Å². The van der Waals surface area contributed by atoms with E-state index in [1.54, 1.807) is 36.2 Å². The second-order valence-corrected chi connectivity index (χ2v) is 12.6. The number of carbonyl (C=O) groups is 1. The molecule has 1 aliphatic heterocycles. The lowest BCUT2D eigenvalue weighted by atomic mass is 10.1. The van der Waals surface area contributed by atoms with Gasteiger partial charge in [-0.1, -0.05) is 18.2 Å². The standard InChI is InChI=1S/C26H33N5O4S/c1-17-8-6-7-9-21(17)36(33,34)31-15-20(19-10-11-19)22-23(27-16-28-24(22)31)30-13-12-29(14-18(30)2)25(32)35-26(3,4)5/h6-9,15-16,18-19H,10-14H2,1-5H3/t18-/m0/s1. The van der Waals surface area contributed by atoms with Crippen LogP contribution >= 0.6 is 0 Å². The molecule has 192 valence electrons. The Balaban J connectivity index is 1.54. The first-order chi connectivity index (χ1) is 17.0. The first-order valence-electron chi connectivity index (χ1n) is 12.4. The molecule has 0 bridgehead atoms. The molecule has 3 heterocycles. The summed E-state index contributed by atoms with van der Waals surface area (Å²) < 4.78 is 34.4. The normalized spacial score (nSPS) is 19.1. The molecule has 1 saturated carbocycles. The van der Waals surface area contributed by atoms with E-state index in [2.05, 4.69) is 14.9 Å². The molecule has 2 fully saturated rings. The fourth-order valence-corrected chi connectivity index (χ4v) is 6.42. The number of hydrogen-bond acceptors (Lipinski definition) is 7. The van der Waals surface area contributed by atoms with Crippen LogP contribution in [-0.4, -0.2) is 64.6 Å². The number of ether oxygens (including phenoxy) is 1. The molecule has 0 spiro atoms. The number of amides is 1. The third-order valence-corrected chi connectivity index (χ3v) is 8.57. The van der Waals surface area contributed by atoms with Crippen LogP contribution in [-0.2, 0) is 14.8 Å². The van der Waals surface area contributed by atoms with E-state index in [0.29, 0.717) is 36.8 Å². The molecule has 1 amide bonds. The fourth-order valence-electron chi connectivity index (χ4n) is 4.87. The van der Waals surface area contributed by atoms with Crippen molar-refractivity contribution < 1.29 is 17.9 Å². The molecule has 9 nitrogen and oxygen atoms in total. The van der Waals surface area contributed by atoms with E-state index in [4.69, 9.17) is 4.74 Å². The molecule has 5 rings (SSSR count). The monoisotopic (exact) mass is 511 g/mol. The molecule has 0 N–H and O–H groups in total. The lowest BCUT2D eigenvalue weighted by molar-refractivity contribution is 0.0218. The summed E-state index contributed by atoms with van der Waals surface area (Å²) in [7, 11) is -3.84. The van der Waals surface area contributed by atoms with E-state index in [0.717, 1.165) is 29.6 Å². The summed E-state index contributed by atoms with van der Waals surface area (Å²) in [5.74, 6) is 1.01. The van der Waals surface area contributed by atoms with E-state index >= 15 is 0 Å². The topological polar surface area (TPSA) is 97.6 Å².